The molecule has 3 rings (SSSR count). The van der Waals surface area contributed by atoms with Crippen LogP contribution >= 0.6 is 27.3 Å². The number of nitrogens with one attached hydrogen (secondary N) is 2. The molecule has 2 amide bonds. The molecular weight excluding hydrogens is 390 g/mol. The Kier molecular flexibility index (Phi) is 5.11. The van der Waals surface area contributed by atoms with E-state index in [4.69, 9.17) is 0 Å². The summed E-state index contributed by atoms with van der Waals surface area (Å²) >= 11 is 4.93. The second-order valence-electron chi connectivity index (χ2n) is 5.52. The Morgan fingerprint density at radius 1 is 1.29 bits per heavy atom. The molecule has 24 heavy (non-hydrogen) atoms. The minimum atomic E-state index is -0.765. The van der Waals surface area contributed by atoms with E-state index in [0.29, 0.717) is 12.3 Å². The summed E-state index contributed by atoms with van der Waals surface area (Å²) in [5.41, 5.74) is 4.22. The summed E-state index contributed by atoms with van der Waals surface area (Å²) in [5, 5.41) is 6.91. The first kappa shape index (κ1) is 16.9. The predicted molar refractivity (Wildman–Crippen MR) is 98.1 cm³/mol. The maximum absolute atomic E-state index is 12.5. The largest absolute Gasteiger partial charge is 0.355 e. The third-order valence-corrected chi connectivity index (χ3v) is 5.69. The molecule has 7 heteroatoms. The fourth-order valence-corrected chi connectivity index (χ4v) is 4.04. The van der Waals surface area contributed by atoms with Crippen LogP contribution in [0, 0.1) is 5.92 Å². The number of amides is 2. The van der Waals surface area contributed by atoms with Crippen LogP contribution in [0.1, 0.15) is 23.3 Å². The summed E-state index contributed by atoms with van der Waals surface area (Å²) in [6, 6.07) is 13.4. The van der Waals surface area contributed by atoms with E-state index in [1.54, 1.807) is 0 Å². The quantitative estimate of drug-likeness (QED) is 0.466. The van der Waals surface area contributed by atoms with Gasteiger partial charge in [-0.1, -0.05) is 30.3 Å². The molecule has 1 fully saturated rings. The number of hydrogen-bond donors (Lipinski definition) is 2. The second-order valence-corrected chi connectivity index (χ2v) is 7.98. The van der Waals surface area contributed by atoms with Crippen molar-refractivity contribution < 1.29 is 9.59 Å². The van der Waals surface area contributed by atoms with Gasteiger partial charge in [0.1, 0.15) is 5.92 Å². The minimum absolute atomic E-state index is 0.176. The van der Waals surface area contributed by atoms with Crippen LogP contribution in [0.15, 0.2) is 51.4 Å². The van der Waals surface area contributed by atoms with Gasteiger partial charge in [-0.25, -0.2) is 5.43 Å². The Labute approximate surface area is 152 Å². The fourth-order valence-electron chi connectivity index (χ4n) is 2.71. The number of carbonyl (C=O) groups excluding carboxylic acids is 2. The summed E-state index contributed by atoms with van der Waals surface area (Å²) in [6.07, 6.45) is 0. The van der Waals surface area contributed by atoms with Gasteiger partial charge in [-0.2, -0.15) is 5.10 Å². The van der Waals surface area contributed by atoms with Crippen molar-refractivity contribution in [2.45, 2.75) is 12.8 Å². The highest BCUT2D eigenvalue weighted by molar-refractivity contribution is 9.11. The summed E-state index contributed by atoms with van der Waals surface area (Å²) < 4.78 is 0.998. The summed E-state index contributed by atoms with van der Waals surface area (Å²) in [5.74, 6) is -1.58. The highest BCUT2D eigenvalue weighted by Crippen LogP contribution is 2.29. The van der Waals surface area contributed by atoms with Crippen LogP contribution in [0.2, 0.25) is 0 Å². The number of carbonyl (C=O) groups is 2. The molecule has 2 atom stereocenters. The van der Waals surface area contributed by atoms with Crippen molar-refractivity contribution in [2.24, 2.45) is 11.0 Å². The van der Waals surface area contributed by atoms with Crippen molar-refractivity contribution >= 4 is 44.8 Å². The Bertz CT molecular complexity index is 788. The van der Waals surface area contributed by atoms with E-state index in [-0.39, 0.29) is 17.7 Å². The van der Waals surface area contributed by atoms with Gasteiger partial charge in [0, 0.05) is 12.5 Å². The third kappa shape index (κ3) is 3.57. The van der Waals surface area contributed by atoms with Crippen molar-refractivity contribution in [3.63, 3.8) is 0 Å². The molecule has 0 spiro atoms. The standard InChI is InChI=1S/C17H16BrN3O2S/c1-10(13-7-8-14(18)24-13)20-21-17(23)15-12(9-19-16(15)22)11-5-3-2-4-6-11/h2-8,12,15H,9H2,1H3,(H,19,22)(H,21,23)/b20-10+/t12-,15-/m0/s1. The molecular formula is C17H16BrN3O2S. The molecule has 0 radical (unpaired) electrons. The van der Waals surface area contributed by atoms with Gasteiger partial charge in [-0.15, -0.1) is 11.3 Å². The summed E-state index contributed by atoms with van der Waals surface area (Å²) in [7, 11) is 0. The van der Waals surface area contributed by atoms with Crippen molar-refractivity contribution in [1.29, 1.82) is 0 Å². The molecule has 2 heterocycles. The molecule has 0 bridgehead atoms. The number of thiophene rings is 1. The minimum Gasteiger partial charge on any atom is -0.355 e. The van der Waals surface area contributed by atoms with Gasteiger partial charge in [0.2, 0.25) is 5.91 Å². The zero-order valence-electron chi connectivity index (χ0n) is 13.0. The Hall–Kier alpha value is -1.99. The van der Waals surface area contributed by atoms with Gasteiger partial charge in [0.15, 0.2) is 0 Å². The van der Waals surface area contributed by atoms with E-state index in [9.17, 15) is 9.59 Å². The monoisotopic (exact) mass is 405 g/mol. The molecule has 5 nitrogen and oxygen atoms in total. The third-order valence-electron chi connectivity index (χ3n) is 3.95. The SMILES string of the molecule is C/C(=N\NC(=O)[C@@H]1C(=O)NC[C@H]1c1ccccc1)c1ccc(Br)s1. The number of halogens is 1. The van der Waals surface area contributed by atoms with E-state index in [2.05, 4.69) is 31.8 Å². The average Bonchev–Trinajstić information content (AvgIpc) is 3.19. The lowest BCUT2D eigenvalue weighted by atomic mass is 9.88. The smallest absolute Gasteiger partial charge is 0.253 e. The molecule has 0 saturated carbocycles. The van der Waals surface area contributed by atoms with Gasteiger partial charge >= 0.3 is 0 Å². The Morgan fingerprint density at radius 2 is 2.04 bits per heavy atom. The highest BCUT2D eigenvalue weighted by Gasteiger charge is 2.40. The normalized spacial score (nSPS) is 20.8. The second kappa shape index (κ2) is 7.27. The molecule has 0 unspecified atom stereocenters. The van der Waals surface area contributed by atoms with Crippen molar-refractivity contribution in [3.8, 4) is 0 Å². The van der Waals surface area contributed by atoms with Crippen LogP contribution in [0.4, 0.5) is 0 Å². The van der Waals surface area contributed by atoms with Crippen molar-refractivity contribution in [2.75, 3.05) is 6.54 Å². The van der Waals surface area contributed by atoms with Crippen LogP contribution in [0.25, 0.3) is 0 Å². The van der Waals surface area contributed by atoms with Crippen molar-refractivity contribution in [3.05, 3.63) is 56.7 Å². The molecule has 0 aliphatic carbocycles. The number of benzene rings is 1. The van der Waals surface area contributed by atoms with Crippen molar-refractivity contribution in [1.82, 2.24) is 10.7 Å². The molecule has 1 aromatic heterocycles. The Balaban J connectivity index is 1.74. The van der Waals surface area contributed by atoms with E-state index < -0.39 is 5.92 Å². The van der Waals surface area contributed by atoms with Crippen LogP contribution < -0.4 is 10.7 Å². The van der Waals surface area contributed by atoms with Crippen LogP contribution in [0.5, 0.6) is 0 Å². The van der Waals surface area contributed by atoms with E-state index in [1.807, 2.05) is 49.4 Å². The number of nitrogens with zero attached hydrogens (tertiary/aromatic N) is 1. The molecule has 124 valence electrons. The predicted octanol–water partition coefficient (Wildman–Crippen LogP) is 2.88. The van der Waals surface area contributed by atoms with Crippen LogP contribution in [-0.2, 0) is 9.59 Å². The highest BCUT2D eigenvalue weighted by atomic mass is 79.9. The summed E-state index contributed by atoms with van der Waals surface area (Å²) in [6.45, 7) is 2.28. The zero-order valence-corrected chi connectivity index (χ0v) is 15.4. The van der Waals surface area contributed by atoms with E-state index >= 15 is 0 Å². The maximum atomic E-state index is 12.5. The lowest BCUT2D eigenvalue weighted by Gasteiger charge is -2.15. The molecule has 1 saturated heterocycles. The van der Waals surface area contributed by atoms with E-state index in [0.717, 1.165) is 14.2 Å². The molecule has 2 N–H and O–H groups in total. The lowest BCUT2D eigenvalue weighted by Crippen LogP contribution is -2.35. The molecule has 1 aromatic carbocycles. The summed E-state index contributed by atoms with van der Waals surface area (Å²) in [4.78, 5) is 25.5. The first-order valence-corrected chi connectivity index (χ1v) is 9.09. The molecule has 1 aliphatic rings. The topological polar surface area (TPSA) is 70.6 Å². The van der Waals surface area contributed by atoms with Gasteiger partial charge in [-0.05, 0) is 40.5 Å². The molecule has 1 aliphatic heterocycles. The number of hydrogen-bond acceptors (Lipinski definition) is 4. The van der Waals surface area contributed by atoms with Crippen LogP contribution in [-0.4, -0.2) is 24.1 Å². The maximum Gasteiger partial charge on any atom is 0.253 e. The average molecular weight is 406 g/mol. The number of hydrazone groups is 1. The lowest BCUT2D eigenvalue weighted by molar-refractivity contribution is -0.133. The first-order chi connectivity index (χ1) is 11.6. The number of rotatable bonds is 4. The van der Waals surface area contributed by atoms with Gasteiger partial charge in [-0.3, -0.25) is 9.59 Å². The van der Waals surface area contributed by atoms with Gasteiger partial charge in [0.05, 0.1) is 14.4 Å². The van der Waals surface area contributed by atoms with Gasteiger partial charge in [0.25, 0.3) is 5.91 Å². The fraction of sp³-hybridized carbons (Fsp3) is 0.235. The Morgan fingerprint density at radius 3 is 2.71 bits per heavy atom. The van der Waals surface area contributed by atoms with Gasteiger partial charge < -0.3 is 5.32 Å². The van der Waals surface area contributed by atoms with Crippen LogP contribution in [0.3, 0.4) is 0 Å². The van der Waals surface area contributed by atoms with E-state index in [1.165, 1.54) is 11.3 Å². The zero-order chi connectivity index (χ0) is 17.1. The first-order valence-electron chi connectivity index (χ1n) is 7.49. The molecule has 2 aromatic rings.